The van der Waals surface area contributed by atoms with Crippen LogP contribution in [0.5, 0.6) is 11.5 Å². The Hall–Kier alpha value is -4.52. The van der Waals surface area contributed by atoms with E-state index in [2.05, 4.69) is 25.9 Å². The lowest BCUT2D eigenvalue weighted by atomic mass is 10.2. The molecule has 0 bridgehead atoms. The van der Waals surface area contributed by atoms with Crippen molar-refractivity contribution in [3.8, 4) is 11.5 Å². The Morgan fingerprint density at radius 1 is 1.05 bits per heavy atom. The summed E-state index contributed by atoms with van der Waals surface area (Å²) >= 11 is 6.39. The quantitative estimate of drug-likeness (QED) is 0.161. The predicted molar refractivity (Wildman–Crippen MR) is 160 cm³/mol. The number of ether oxygens (including phenoxy) is 3. The number of nitro benzene ring substituents is 1. The molecule has 0 aliphatic carbocycles. The van der Waals surface area contributed by atoms with Gasteiger partial charge in [-0.3, -0.25) is 15.4 Å². The fourth-order valence-electron chi connectivity index (χ4n) is 3.86. The van der Waals surface area contributed by atoms with E-state index in [1.807, 2.05) is 18.7 Å². The van der Waals surface area contributed by atoms with Gasteiger partial charge in [0.1, 0.15) is 27.8 Å². The number of nitrogens with one attached hydrogen (secondary N) is 3. The van der Waals surface area contributed by atoms with Crippen LogP contribution < -0.4 is 30.3 Å². The van der Waals surface area contributed by atoms with Gasteiger partial charge in [0.2, 0.25) is 5.95 Å². The smallest absolute Gasteiger partial charge is 0.412 e. The molecule has 220 valence electrons. The third kappa shape index (κ3) is 8.01. The number of carbonyl (C=O) groups is 1. The summed E-state index contributed by atoms with van der Waals surface area (Å²) in [4.78, 5) is 34.2. The fourth-order valence-corrected chi connectivity index (χ4v) is 3.99. The van der Waals surface area contributed by atoms with Gasteiger partial charge in [0, 0.05) is 30.9 Å². The standard InChI is InChI=1S/C27H34ClN7O6/c1-8-34(9-2)20-14-23(40-7)19(13-21(20)35(37)38)32-25-29-15-17(28)24(33-25)31-18-12-16(10-11-22(18)39-6)30-26(36)41-27(3,4)5/h10-15H,8-9H2,1-7H3,(H,30,36)(H2,29,31,32,33). The van der Waals surface area contributed by atoms with Crippen LogP contribution in [-0.2, 0) is 4.74 Å². The van der Waals surface area contributed by atoms with Crippen LogP contribution in [0.15, 0.2) is 36.5 Å². The molecule has 2 aromatic carbocycles. The molecule has 0 atom stereocenters. The maximum atomic E-state index is 12.2. The van der Waals surface area contributed by atoms with Crippen molar-refractivity contribution in [1.82, 2.24) is 9.97 Å². The Labute approximate surface area is 243 Å². The first kappa shape index (κ1) is 31.0. The molecule has 0 aliphatic heterocycles. The molecule has 3 aromatic rings. The number of anilines is 6. The average Bonchev–Trinajstić information content (AvgIpc) is 2.90. The van der Waals surface area contributed by atoms with E-state index in [1.54, 1.807) is 45.0 Å². The van der Waals surface area contributed by atoms with Crippen LogP contribution in [0.2, 0.25) is 5.02 Å². The molecule has 3 N–H and O–H groups in total. The van der Waals surface area contributed by atoms with Crippen molar-refractivity contribution in [2.45, 2.75) is 40.2 Å². The van der Waals surface area contributed by atoms with Gasteiger partial charge in [-0.1, -0.05) is 11.6 Å². The highest BCUT2D eigenvalue weighted by Gasteiger charge is 2.23. The number of hydrogen-bond donors (Lipinski definition) is 3. The van der Waals surface area contributed by atoms with Gasteiger partial charge in [-0.25, -0.2) is 9.78 Å². The number of nitrogens with zero attached hydrogens (tertiary/aromatic N) is 4. The number of methoxy groups -OCH3 is 2. The summed E-state index contributed by atoms with van der Waals surface area (Å²) in [5, 5.41) is 20.8. The van der Waals surface area contributed by atoms with Crippen molar-refractivity contribution >= 4 is 57.9 Å². The average molecular weight is 588 g/mol. The van der Waals surface area contributed by atoms with Crippen LogP contribution in [0.25, 0.3) is 0 Å². The molecular formula is C27H34ClN7O6. The van der Waals surface area contributed by atoms with Gasteiger partial charge >= 0.3 is 6.09 Å². The lowest BCUT2D eigenvalue weighted by Gasteiger charge is -2.22. The van der Waals surface area contributed by atoms with E-state index in [-0.39, 0.29) is 22.5 Å². The SMILES string of the molecule is CCN(CC)c1cc(OC)c(Nc2ncc(Cl)c(Nc3cc(NC(=O)OC(C)(C)C)ccc3OC)n2)cc1[N+](=O)[O-]. The fraction of sp³-hybridized carbons (Fsp3) is 0.370. The Morgan fingerprint density at radius 3 is 2.29 bits per heavy atom. The van der Waals surface area contributed by atoms with E-state index in [1.165, 1.54) is 26.5 Å². The molecule has 0 spiro atoms. The van der Waals surface area contributed by atoms with Gasteiger partial charge in [-0.2, -0.15) is 4.98 Å². The van der Waals surface area contributed by atoms with Gasteiger partial charge < -0.3 is 29.7 Å². The van der Waals surface area contributed by atoms with Gasteiger partial charge in [0.05, 0.1) is 36.7 Å². The number of hydrogen-bond acceptors (Lipinski definition) is 11. The summed E-state index contributed by atoms with van der Waals surface area (Å²) in [6.45, 7) is 10.3. The summed E-state index contributed by atoms with van der Waals surface area (Å²) < 4.78 is 16.3. The Balaban J connectivity index is 1.94. The Kier molecular flexibility index (Phi) is 10.0. The number of rotatable bonds is 11. The molecule has 1 amide bonds. The van der Waals surface area contributed by atoms with Crippen LogP contribution in [0.3, 0.4) is 0 Å². The molecule has 1 heterocycles. The number of nitro groups is 1. The highest BCUT2D eigenvalue weighted by Crippen LogP contribution is 2.40. The summed E-state index contributed by atoms with van der Waals surface area (Å²) in [7, 11) is 2.97. The minimum Gasteiger partial charge on any atom is -0.495 e. The molecule has 0 saturated heterocycles. The van der Waals surface area contributed by atoms with Crippen LogP contribution in [-0.4, -0.2) is 53.9 Å². The number of carbonyl (C=O) groups excluding carboxylic acids is 1. The van der Waals surface area contributed by atoms with Gasteiger partial charge in [-0.15, -0.1) is 0 Å². The van der Waals surface area contributed by atoms with Crippen LogP contribution >= 0.6 is 11.6 Å². The summed E-state index contributed by atoms with van der Waals surface area (Å²) in [5.41, 5.74) is 0.868. The minimum absolute atomic E-state index is 0.0941. The zero-order valence-electron chi connectivity index (χ0n) is 24.0. The topological polar surface area (TPSA) is 153 Å². The van der Waals surface area contributed by atoms with E-state index in [9.17, 15) is 14.9 Å². The number of amides is 1. The van der Waals surface area contributed by atoms with Gasteiger partial charge in [0.25, 0.3) is 5.69 Å². The summed E-state index contributed by atoms with van der Waals surface area (Å²) in [5.74, 6) is 1.13. The molecule has 0 saturated carbocycles. The third-order valence-electron chi connectivity index (χ3n) is 5.69. The van der Waals surface area contributed by atoms with Crippen LogP contribution in [0, 0.1) is 10.1 Å². The maximum Gasteiger partial charge on any atom is 0.412 e. The summed E-state index contributed by atoms with van der Waals surface area (Å²) in [6, 6.07) is 7.93. The molecule has 14 heteroatoms. The van der Waals surface area contributed by atoms with Crippen LogP contribution in [0.4, 0.5) is 45.0 Å². The molecule has 0 aliphatic rings. The second-order valence-corrected chi connectivity index (χ2v) is 10.1. The Morgan fingerprint density at radius 2 is 1.71 bits per heavy atom. The van der Waals surface area contributed by atoms with E-state index < -0.39 is 16.6 Å². The highest BCUT2D eigenvalue weighted by atomic mass is 35.5. The van der Waals surface area contributed by atoms with Crippen molar-refractivity contribution in [2.24, 2.45) is 0 Å². The van der Waals surface area contributed by atoms with Gasteiger partial charge in [0.15, 0.2) is 5.82 Å². The molecule has 0 fully saturated rings. The zero-order chi connectivity index (χ0) is 30.3. The number of benzene rings is 2. The first-order valence-electron chi connectivity index (χ1n) is 12.7. The van der Waals surface area contributed by atoms with Crippen molar-refractivity contribution < 1.29 is 23.9 Å². The monoisotopic (exact) mass is 587 g/mol. The summed E-state index contributed by atoms with van der Waals surface area (Å²) in [6.07, 6.45) is 0.759. The van der Waals surface area contributed by atoms with Crippen molar-refractivity contribution in [3.63, 3.8) is 0 Å². The minimum atomic E-state index is -0.662. The zero-order valence-corrected chi connectivity index (χ0v) is 24.8. The molecule has 1 aromatic heterocycles. The van der Waals surface area contributed by atoms with Crippen molar-refractivity contribution in [2.75, 3.05) is 48.2 Å². The molecule has 0 radical (unpaired) electrons. The first-order chi connectivity index (χ1) is 19.4. The van der Waals surface area contributed by atoms with E-state index in [0.717, 1.165) is 0 Å². The van der Waals surface area contributed by atoms with Crippen molar-refractivity contribution in [1.29, 1.82) is 0 Å². The number of halogens is 1. The molecule has 13 nitrogen and oxygen atoms in total. The lowest BCUT2D eigenvalue weighted by Crippen LogP contribution is -2.27. The largest absolute Gasteiger partial charge is 0.495 e. The van der Waals surface area contributed by atoms with E-state index >= 15 is 0 Å². The Bertz CT molecular complexity index is 1410. The van der Waals surface area contributed by atoms with Crippen LogP contribution in [0.1, 0.15) is 34.6 Å². The van der Waals surface area contributed by atoms with Gasteiger partial charge in [-0.05, 0) is 52.8 Å². The third-order valence-corrected chi connectivity index (χ3v) is 5.96. The number of aromatic nitrogens is 2. The molecule has 0 unspecified atom stereocenters. The highest BCUT2D eigenvalue weighted by molar-refractivity contribution is 6.33. The lowest BCUT2D eigenvalue weighted by molar-refractivity contribution is -0.384. The van der Waals surface area contributed by atoms with Crippen molar-refractivity contribution in [3.05, 3.63) is 51.7 Å². The van der Waals surface area contributed by atoms with E-state index in [4.69, 9.17) is 25.8 Å². The molecule has 41 heavy (non-hydrogen) atoms. The first-order valence-corrected chi connectivity index (χ1v) is 13.1. The second-order valence-electron chi connectivity index (χ2n) is 9.65. The second kappa shape index (κ2) is 13.2. The molecular weight excluding hydrogens is 554 g/mol. The predicted octanol–water partition coefficient (Wildman–Crippen LogP) is 6.74. The maximum absolute atomic E-state index is 12.2. The molecule has 3 rings (SSSR count). The normalized spacial score (nSPS) is 10.9. The van der Waals surface area contributed by atoms with E-state index in [0.29, 0.717) is 47.3 Å².